The van der Waals surface area contributed by atoms with Crippen LogP contribution in [0.5, 0.6) is 0 Å². The Balaban J connectivity index is 1.78. The standard InChI is InChI=1S/C16H16ClN3O3/c17-11-4-2-1-3-10(11)13(8-15(21)22)18-16(23)14-7-12(19-20-14)9-5-6-9/h1-4,7,9,13H,5-6,8H2,(H,18,23)(H,19,20)(H,21,22). The van der Waals surface area contributed by atoms with Crippen molar-refractivity contribution in [3.8, 4) is 0 Å². The summed E-state index contributed by atoms with van der Waals surface area (Å²) in [4.78, 5) is 23.4. The Labute approximate surface area is 137 Å². The van der Waals surface area contributed by atoms with Gasteiger partial charge in [-0.1, -0.05) is 29.8 Å². The molecule has 1 saturated carbocycles. The zero-order valence-electron chi connectivity index (χ0n) is 12.3. The minimum Gasteiger partial charge on any atom is -0.481 e. The molecular formula is C16H16ClN3O3. The maximum atomic E-state index is 12.3. The molecule has 0 radical (unpaired) electrons. The van der Waals surface area contributed by atoms with E-state index in [-0.39, 0.29) is 12.1 Å². The minimum absolute atomic E-state index is 0.255. The Morgan fingerprint density at radius 3 is 2.78 bits per heavy atom. The molecule has 3 rings (SSSR count). The number of aliphatic carboxylic acids is 1. The van der Waals surface area contributed by atoms with E-state index >= 15 is 0 Å². The fraction of sp³-hybridized carbons (Fsp3) is 0.312. The number of aromatic nitrogens is 2. The zero-order valence-corrected chi connectivity index (χ0v) is 13.0. The zero-order chi connectivity index (χ0) is 16.4. The Morgan fingerprint density at radius 1 is 1.39 bits per heavy atom. The second-order valence-electron chi connectivity index (χ2n) is 5.63. The number of aromatic amines is 1. The lowest BCUT2D eigenvalue weighted by atomic mass is 10.0. The number of hydrogen-bond acceptors (Lipinski definition) is 3. The number of hydrogen-bond donors (Lipinski definition) is 3. The molecule has 1 unspecified atom stereocenters. The molecule has 23 heavy (non-hydrogen) atoms. The minimum atomic E-state index is -1.02. The SMILES string of the molecule is O=C(O)CC(NC(=O)c1cc(C2CC2)[nH]n1)c1ccccc1Cl. The molecule has 0 saturated heterocycles. The van der Waals surface area contributed by atoms with E-state index in [0.29, 0.717) is 16.5 Å². The van der Waals surface area contributed by atoms with Crippen LogP contribution in [0.3, 0.4) is 0 Å². The number of rotatable bonds is 6. The molecular weight excluding hydrogens is 318 g/mol. The van der Waals surface area contributed by atoms with Crippen molar-refractivity contribution in [2.75, 3.05) is 0 Å². The predicted octanol–water partition coefficient (Wildman–Crippen LogP) is 2.89. The van der Waals surface area contributed by atoms with Crippen LogP contribution in [0.1, 0.15) is 53.0 Å². The molecule has 2 aromatic rings. The van der Waals surface area contributed by atoms with Gasteiger partial charge in [-0.05, 0) is 30.5 Å². The molecule has 1 aliphatic carbocycles. The lowest BCUT2D eigenvalue weighted by molar-refractivity contribution is -0.137. The number of carboxylic acid groups (broad SMARTS) is 1. The van der Waals surface area contributed by atoms with Crippen LogP contribution in [-0.4, -0.2) is 27.2 Å². The topological polar surface area (TPSA) is 95.1 Å². The van der Waals surface area contributed by atoms with Crippen LogP contribution in [0.25, 0.3) is 0 Å². The predicted molar refractivity (Wildman–Crippen MR) is 84.5 cm³/mol. The summed E-state index contributed by atoms with van der Waals surface area (Å²) in [7, 11) is 0. The maximum Gasteiger partial charge on any atom is 0.305 e. The van der Waals surface area contributed by atoms with Crippen LogP contribution in [-0.2, 0) is 4.79 Å². The normalized spacial score (nSPS) is 15.2. The van der Waals surface area contributed by atoms with Gasteiger partial charge in [0.15, 0.2) is 0 Å². The summed E-state index contributed by atoms with van der Waals surface area (Å²) in [6.45, 7) is 0. The van der Waals surface area contributed by atoms with Gasteiger partial charge in [0.1, 0.15) is 5.69 Å². The first-order chi connectivity index (χ1) is 11.0. The van der Waals surface area contributed by atoms with E-state index in [0.717, 1.165) is 18.5 Å². The second kappa shape index (κ2) is 6.42. The van der Waals surface area contributed by atoms with E-state index in [9.17, 15) is 9.59 Å². The van der Waals surface area contributed by atoms with Crippen molar-refractivity contribution in [1.29, 1.82) is 0 Å². The first-order valence-corrected chi connectivity index (χ1v) is 7.75. The number of nitrogens with one attached hydrogen (secondary N) is 2. The quantitative estimate of drug-likeness (QED) is 0.757. The molecule has 0 spiro atoms. The van der Waals surface area contributed by atoms with Gasteiger partial charge in [-0.2, -0.15) is 5.10 Å². The van der Waals surface area contributed by atoms with Crippen molar-refractivity contribution in [3.63, 3.8) is 0 Å². The summed E-state index contributed by atoms with van der Waals surface area (Å²) < 4.78 is 0. The largest absolute Gasteiger partial charge is 0.481 e. The lowest BCUT2D eigenvalue weighted by Gasteiger charge is -2.18. The Hall–Kier alpha value is -2.34. The maximum absolute atomic E-state index is 12.3. The van der Waals surface area contributed by atoms with Gasteiger partial charge in [0.2, 0.25) is 0 Å². The highest BCUT2D eigenvalue weighted by molar-refractivity contribution is 6.31. The van der Waals surface area contributed by atoms with Gasteiger partial charge in [0.25, 0.3) is 5.91 Å². The van der Waals surface area contributed by atoms with E-state index < -0.39 is 17.9 Å². The highest BCUT2D eigenvalue weighted by Gasteiger charge is 2.27. The van der Waals surface area contributed by atoms with Crippen molar-refractivity contribution >= 4 is 23.5 Å². The lowest BCUT2D eigenvalue weighted by Crippen LogP contribution is -2.30. The average Bonchev–Trinajstić information content (AvgIpc) is 3.24. The smallest absolute Gasteiger partial charge is 0.305 e. The van der Waals surface area contributed by atoms with E-state index in [2.05, 4.69) is 15.5 Å². The van der Waals surface area contributed by atoms with Crippen LogP contribution < -0.4 is 5.32 Å². The highest BCUT2D eigenvalue weighted by atomic mass is 35.5. The van der Waals surface area contributed by atoms with Crippen LogP contribution in [0.2, 0.25) is 5.02 Å². The van der Waals surface area contributed by atoms with Gasteiger partial charge in [-0.3, -0.25) is 14.7 Å². The summed E-state index contributed by atoms with van der Waals surface area (Å²) in [6.07, 6.45) is 1.95. The molecule has 7 heteroatoms. The summed E-state index contributed by atoms with van der Waals surface area (Å²) in [6, 6.07) is 7.88. The fourth-order valence-electron chi connectivity index (χ4n) is 2.46. The van der Waals surface area contributed by atoms with Crippen LogP contribution >= 0.6 is 11.6 Å². The number of carboxylic acids is 1. The number of carbonyl (C=O) groups excluding carboxylic acids is 1. The monoisotopic (exact) mass is 333 g/mol. The summed E-state index contributed by atoms with van der Waals surface area (Å²) in [5.41, 5.74) is 1.78. The average molecular weight is 334 g/mol. The second-order valence-corrected chi connectivity index (χ2v) is 6.04. The van der Waals surface area contributed by atoms with E-state index in [1.165, 1.54) is 0 Å². The van der Waals surface area contributed by atoms with Crippen molar-refractivity contribution in [3.05, 3.63) is 52.3 Å². The van der Waals surface area contributed by atoms with E-state index in [4.69, 9.17) is 16.7 Å². The number of halogens is 1. The fourth-order valence-corrected chi connectivity index (χ4v) is 2.73. The van der Waals surface area contributed by atoms with Gasteiger partial charge in [-0.15, -0.1) is 0 Å². The Kier molecular flexibility index (Phi) is 4.34. The number of nitrogens with zero attached hydrogens (tertiary/aromatic N) is 1. The first kappa shape index (κ1) is 15.6. The third-order valence-electron chi connectivity index (χ3n) is 3.81. The molecule has 1 atom stereocenters. The van der Waals surface area contributed by atoms with Crippen molar-refractivity contribution in [1.82, 2.24) is 15.5 Å². The Bertz CT molecular complexity index is 740. The molecule has 1 aliphatic rings. The molecule has 0 aliphatic heterocycles. The molecule has 1 aromatic carbocycles. The number of amides is 1. The van der Waals surface area contributed by atoms with Gasteiger partial charge < -0.3 is 10.4 Å². The van der Waals surface area contributed by atoms with Gasteiger partial charge in [0, 0.05) is 16.6 Å². The summed E-state index contributed by atoms with van der Waals surface area (Å²) in [5.74, 6) is -0.974. The van der Waals surface area contributed by atoms with Crippen molar-refractivity contribution in [2.45, 2.75) is 31.2 Å². The van der Waals surface area contributed by atoms with Gasteiger partial charge in [0.05, 0.1) is 12.5 Å². The van der Waals surface area contributed by atoms with Crippen molar-refractivity contribution < 1.29 is 14.7 Å². The van der Waals surface area contributed by atoms with E-state index in [1.54, 1.807) is 30.3 Å². The summed E-state index contributed by atoms with van der Waals surface area (Å²) in [5, 5.41) is 19.1. The molecule has 3 N–H and O–H groups in total. The molecule has 6 nitrogen and oxygen atoms in total. The van der Waals surface area contributed by atoms with Crippen LogP contribution in [0.4, 0.5) is 0 Å². The van der Waals surface area contributed by atoms with Gasteiger partial charge in [-0.25, -0.2) is 0 Å². The van der Waals surface area contributed by atoms with E-state index in [1.807, 2.05) is 0 Å². The third kappa shape index (κ3) is 3.71. The van der Waals surface area contributed by atoms with Gasteiger partial charge >= 0.3 is 5.97 Å². The number of benzene rings is 1. The highest BCUT2D eigenvalue weighted by Crippen LogP contribution is 2.39. The first-order valence-electron chi connectivity index (χ1n) is 7.37. The Morgan fingerprint density at radius 2 is 2.13 bits per heavy atom. The number of carbonyl (C=O) groups is 2. The van der Waals surface area contributed by atoms with Crippen LogP contribution in [0, 0.1) is 0 Å². The molecule has 120 valence electrons. The summed E-state index contributed by atoms with van der Waals surface area (Å²) >= 11 is 6.12. The molecule has 1 heterocycles. The van der Waals surface area contributed by atoms with Crippen LogP contribution in [0.15, 0.2) is 30.3 Å². The van der Waals surface area contributed by atoms with Crippen molar-refractivity contribution in [2.24, 2.45) is 0 Å². The number of H-pyrrole nitrogens is 1. The molecule has 0 bridgehead atoms. The molecule has 1 aromatic heterocycles. The molecule has 1 amide bonds. The third-order valence-corrected chi connectivity index (χ3v) is 4.16. The molecule has 1 fully saturated rings.